The number of aromatic nitrogens is 1. The van der Waals surface area contributed by atoms with Gasteiger partial charge in [-0.1, -0.05) is 11.6 Å². The average Bonchev–Trinajstić information content (AvgIpc) is 3.04. The zero-order valence-corrected chi connectivity index (χ0v) is 9.67. The van der Waals surface area contributed by atoms with E-state index in [-0.39, 0.29) is 0 Å². The van der Waals surface area contributed by atoms with Gasteiger partial charge in [-0.2, -0.15) is 0 Å². The van der Waals surface area contributed by atoms with Crippen LogP contribution in [0.4, 0.5) is 5.69 Å². The molecule has 1 fully saturated rings. The summed E-state index contributed by atoms with van der Waals surface area (Å²) in [5, 5.41) is 4.00. The molecule has 0 aliphatic heterocycles. The van der Waals surface area contributed by atoms with Crippen molar-refractivity contribution in [3.8, 4) is 0 Å². The van der Waals surface area contributed by atoms with Crippen LogP contribution in [0.25, 0.3) is 0 Å². The molecule has 82 valence electrons. The van der Waals surface area contributed by atoms with Crippen molar-refractivity contribution in [3.63, 3.8) is 0 Å². The highest BCUT2D eigenvalue weighted by molar-refractivity contribution is 6.33. The molecule has 0 spiro atoms. The quantitative estimate of drug-likeness (QED) is 0.833. The second-order valence-corrected chi connectivity index (χ2v) is 4.40. The van der Waals surface area contributed by atoms with Gasteiger partial charge < -0.3 is 10.2 Å². The van der Waals surface area contributed by atoms with Gasteiger partial charge >= 0.3 is 0 Å². The summed E-state index contributed by atoms with van der Waals surface area (Å²) in [6.45, 7) is 1.99. The van der Waals surface area contributed by atoms with Crippen LogP contribution in [0.3, 0.4) is 0 Å². The second kappa shape index (κ2) is 4.81. The van der Waals surface area contributed by atoms with E-state index in [0.717, 1.165) is 24.8 Å². The van der Waals surface area contributed by atoms with Crippen LogP contribution in [0, 0.1) is 0 Å². The van der Waals surface area contributed by atoms with Crippen LogP contribution in [0.15, 0.2) is 18.5 Å². The molecule has 1 N–H and O–H groups in total. The molecule has 1 aliphatic carbocycles. The minimum absolute atomic E-state index is 0.687. The summed E-state index contributed by atoms with van der Waals surface area (Å²) in [4.78, 5) is 6.33. The maximum absolute atomic E-state index is 5.98. The lowest BCUT2D eigenvalue weighted by Crippen LogP contribution is -2.27. The zero-order chi connectivity index (χ0) is 10.7. The van der Waals surface area contributed by atoms with E-state index < -0.39 is 0 Å². The molecule has 0 aromatic carbocycles. The average molecular weight is 226 g/mol. The van der Waals surface area contributed by atoms with Crippen LogP contribution in [0.5, 0.6) is 0 Å². The fourth-order valence-electron chi connectivity index (χ4n) is 1.58. The second-order valence-electron chi connectivity index (χ2n) is 3.99. The third-order valence-corrected chi connectivity index (χ3v) is 3.02. The molecule has 0 unspecified atom stereocenters. The third-order valence-electron chi connectivity index (χ3n) is 2.72. The number of hydrogen-bond donors (Lipinski definition) is 1. The van der Waals surface area contributed by atoms with Gasteiger partial charge in [0.2, 0.25) is 0 Å². The first-order valence-electron chi connectivity index (χ1n) is 5.31. The molecule has 1 heterocycles. The summed E-state index contributed by atoms with van der Waals surface area (Å²) in [5.41, 5.74) is 0.968. The molecule has 0 amide bonds. The number of anilines is 1. The lowest BCUT2D eigenvalue weighted by molar-refractivity contribution is 0.337. The molecule has 0 atom stereocenters. The van der Waals surface area contributed by atoms with Crippen molar-refractivity contribution in [3.05, 3.63) is 23.5 Å². The largest absolute Gasteiger partial charge is 0.382 e. The Bertz CT molecular complexity index is 325. The maximum atomic E-state index is 5.98. The van der Waals surface area contributed by atoms with Crippen molar-refractivity contribution in [2.45, 2.75) is 18.9 Å². The fourth-order valence-corrected chi connectivity index (χ4v) is 1.77. The van der Waals surface area contributed by atoms with Crippen molar-refractivity contribution >= 4 is 17.3 Å². The number of nitrogens with one attached hydrogen (secondary N) is 1. The van der Waals surface area contributed by atoms with Crippen LogP contribution in [0.2, 0.25) is 5.02 Å². The van der Waals surface area contributed by atoms with E-state index in [1.54, 1.807) is 12.4 Å². The number of nitrogens with zero attached hydrogens (tertiary/aromatic N) is 2. The predicted octanol–water partition coefficient (Wildman–Crippen LogP) is 2.24. The SMILES string of the molecule is CN(CCNc1ccncc1Cl)C1CC1. The van der Waals surface area contributed by atoms with E-state index in [1.807, 2.05) is 6.07 Å². The Morgan fingerprint density at radius 1 is 1.60 bits per heavy atom. The fraction of sp³-hybridized carbons (Fsp3) is 0.545. The van der Waals surface area contributed by atoms with E-state index >= 15 is 0 Å². The van der Waals surface area contributed by atoms with Gasteiger partial charge in [-0.25, -0.2) is 0 Å². The molecular weight excluding hydrogens is 210 g/mol. The van der Waals surface area contributed by atoms with Crippen LogP contribution in [0.1, 0.15) is 12.8 Å². The first kappa shape index (κ1) is 10.7. The molecular formula is C11H16ClN3. The smallest absolute Gasteiger partial charge is 0.0820 e. The van der Waals surface area contributed by atoms with Crippen molar-refractivity contribution in [2.24, 2.45) is 0 Å². The highest BCUT2D eigenvalue weighted by Gasteiger charge is 2.25. The minimum Gasteiger partial charge on any atom is -0.382 e. The van der Waals surface area contributed by atoms with Gasteiger partial charge in [-0.15, -0.1) is 0 Å². The molecule has 0 radical (unpaired) electrons. The van der Waals surface area contributed by atoms with Crippen molar-refractivity contribution < 1.29 is 0 Å². The van der Waals surface area contributed by atoms with Gasteiger partial charge in [0.05, 0.1) is 10.7 Å². The monoisotopic (exact) mass is 225 g/mol. The Hall–Kier alpha value is -0.800. The number of hydrogen-bond acceptors (Lipinski definition) is 3. The lowest BCUT2D eigenvalue weighted by Gasteiger charge is -2.16. The normalized spacial score (nSPS) is 15.7. The number of halogens is 1. The first-order valence-corrected chi connectivity index (χ1v) is 5.69. The molecule has 2 rings (SSSR count). The van der Waals surface area contributed by atoms with E-state index in [9.17, 15) is 0 Å². The number of rotatable bonds is 5. The van der Waals surface area contributed by atoms with Gasteiger partial charge in [0.1, 0.15) is 0 Å². The maximum Gasteiger partial charge on any atom is 0.0820 e. The predicted molar refractivity (Wildman–Crippen MR) is 63.4 cm³/mol. The Kier molecular flexibility index (Phi) is 3.44. The topological polar surface area (TPSA) is 28.2 Å². The number of likely N-dealkylation sites (N-methyl/N-ethyl adjacent to an activating group) is 1. The summed E-state index contributed by atoms with van der Waals surface area (Å²) in [5.74, 6) is 0. The van der Waals surface area contributed by atoms with E-state index in [4.69, 9.17) is 11.6 Å². The lowest BCUT2D eigenvalue weighted by atomic mass is 10.4. The summed E-state index contributed by atoms with van der Waals surface area (Å²) in [6.07, 6.45) is 6.12. The molecule has 4 heteroatoms. The highest BCUT2D eigenvalue weighted by Crippen LogP contribution is 2.25. The van der Waals surface area contributed by atoms with Gasteiger partial charge in [-0.3, -0.25) is 4.98 Å². The van der Waals surface area contributed by atoms with Crippen molar-refractivity contribution in [1.82, 2.24) is 9.88 Å². The number of pyridine rings is 1. The molecule has 15 heavy (non-hydrogen) atoms. The van der Waals surface area contributed by atoms with Crippen LogP contribution < -0.4 is 5.32 Å². The van der Waals surface area contributed by atoms with E-state index in [0.29, 0.717) is 5.02 Å². The summed E-state index contributed by atoms with van der Waals surface area (Å²) < 4.78 is 0. The third kappa shape index (κ3) is 3.08. The van der Waals surface area contributed by atoms with Crippen LogP contribution >= 0.6 is 11.6 Å². The Labute approximate surface area is 95.4 Å². The first-order chi connectivity index (χ1) is 7.27. The molecule has 1 saturated carbocycles. The summed E-state index contributed by atoms with van der Waals surface area (Å²) in [7, 11) is 2.17. The van der Waals surface area contributed by atoms with Crippen molar-refractivity contribution in [2.75, 3.05) is 25.5 Å². The minimum atomic E-state index is 0.687. The van der Waals surface area contributed by atoms with Gasteiger partial charge in [0.15, 0.2) is 0 Å². The zero-order valence-electron chi connectivity index (χ0n) is 8.91. The summed E-state index contributed by atoms with van der Waals surface area (Å²) >= 11 is 5.98. The molecule has 1 aliphatic rings. The molecule has 3 nitrogen and oxygen atoms in total. The van der Waals surface area contributed by atoms with Crippen molar-refractivity contribution in [1.29, 1.82) is 0 Å². The van der Waals surface area contributed by atoms with Gasteiger partial charge in [0, 0.05) is 31.5 Å². The molecule has 1 aromatic heterocycles. The Morgan fingerprint density at radius 2 is 2.40 bits per heavy atom. The molecule has 0 saturated heterocycles. The van der Waals surface area contributed by atoms with E-state index in [1.165, 1.54) is 12.8 Å². The highest BCUT2D eigenvalue weighted by atomic mass is 35.5. The summed E-state index contributed by atoms with van der Waals surface area (Å²) in [6, 6.07) is 2.72. The van der Waals surface area contributed by atoms with Gasteiger partial charge in [0.25, 0.3) is 0 Å². The van der Waals surface area contributed by atoms with Crippen LogP contribution in [-0.2, 0) is 0 Å². The Balaban J connectivity index is 1.75. The standard InChI is InChI=1S/C11H16ClN3/c1-15(9-2-3-9)7-6-14-11-4-5-13-8-10(11)12/h4-5,8-9H,2-3,6-7H2,1H3,(H,13,14). The molecule has 1 aromatic rings. The molecule has 0 bridgehead atoms. The van der Waals surface area contributed by atoms with E-state index in [2.05, 4.69) is 22.2 Å². The van der Waals surface area contributed by atoms with Gasteiger partial charge in [-0.05, 0) is 26.0 Å². The Morgan fingerprint density at radius 3 is 3.07 bits per heavy atom. The van der Waals surface area contributed by atoms with Crippen LogP contribution in [-0.4, -0.2) is 36.1 Å².